The summed E-state index contributed by atoms with van der Waals surface area (Å²) in [7, 11) is 5.91. The number of aliphatic hydroxyl groups is 1. The molecule has 1 saturated heterocycles. The monoisotopic (exact) mass is 441 g/mol. The lowest BCUT2D eigenvalue weighted by Crippen LogP contribution is -2.47. The lowest BCUT2D eigenvalue weighted by molar-refractivity contribution is 0.0497. The van der Waals surface area contributed by atoms with Crippen molar-refractivity contribution in [3.8, 4) is 11.5 Å². The number of β-amino-alcohol motifs (C(OH)–C–C–N with tert-alkyl or cyclic N) is 1. The zero-order valence-electron chi connectivity index (χ0n) is 20.1. The number of hydrogen-bond donors (Lipinski definition) is 1. The summed E-state index contributed by atoms with van der Waals surface area (Å²) in [6.45, 7) is 8.81. The molecule has 176 valence electrons. The molecule has 0 radical (unpaired) electrons. The highest BCUT2D eigenvalue weighted by atomic mass is 16.5. The Morgan fingerprint density at radius 3 is 2.22 bits per heavy atom. The molecular formula is C26H39N3O3. The summed E-state index contributed by atoms with van der Waals surface area (Å²) in [5.41, 5.74) is 3.83. The molecule has 6 heteroatoms. The number of rotatable bonds is 11. The van der Waals surface area contributed by atoms with Crippen LogP contribution in [0.3, 0.4) is 0 Å². The van der Waals surface area contributed by atoms with Crippen LogP contribution in [0.4, 0.5) is 0 Å². The van der Waals surface area contributed by atoms with Gasteiger partial charge in [0.15, 0.2) is 11.5 Å². The minimum absolute atomic E-state index is 0.256. The normalized spacial score (nSPS) is 16.3. The fourth-order valence-electron chi connectivity index (χ4n) is 4.06. The molecule has 1 atom stereocenters. The summed E-state index contributed by atoms with van der Waals surface area (Å²) in [6.07, 6.45) is 0.537. The van der Waals surface area contributed by atoms with Crippen LogP contribution >= 0.6 is 0 Å². The third-order valence-corrected chi connectivity index (χ3v) is 6.06. The van der Waals surface area contributed by atoms with Crippen molar-refractivity contribution in [1.29, 1.82) is 0 Å². The van der Waals surface area contributed by atoms with E-state index in [2.05, 4.69) is 66.1 Å². The number of piperazine rings is 1. The molecule has 1 heterocycles. The van der Waals surface area contributed by atoms with Gasteiger partial charge in [0.25, 0.3) is 0 Å². The molecule has 0 aromatic heterocycles. The van der Waals surface area contributed by atoms with Gasteiger partial charge in [-0.2, -0.15) is 0 Å². The van der Waals surface area contributed by atoms with Gasteiger partial charge in [-0.3, -0.25) is 9.80 Å². The summed E-state index contributed by atoms with van der Waals surface area (Å²) in [5, 5.41) is 10.5. The van der Waals surface area contributed by atoms with Crippen LogP contribution in [0.5, 0.6) is 11.5 Å². The second-order valence-corrected chi connectivity index (χ2v) is 8.90. The lowest BCUT2D eigenvalue weighted by atomic mass is 10.1. The van der Waals surface area contributed by atoms with Crippen molar-refractivity contribution in [2.24, 2.45) is 0 Å². The van der Waals surface area contributed by atoms with Gasteiger partial charge in [-0.1, -0.05) is 37.3 Å². The maximum atomic E-state index is 10.5. The summed E-state index contributed by atoms with van der Waals surface area (Å²) in [5.74, 6) is 1.38. The SMILES string of the molecule is CCc1ccc(CN(C)Cc2ccc(OC)c(OC[C@@H](O)CN3CCN(C)CC3)c2)cc1. The van der Waals surface area contributed by atoms with E-state index in [1.807, 2.05) is 12.1 Å². The minimum atomic E-state index is -0.527. The molecule has 1 N–H and O–H groups in total. The number of likely N-dealkylation sites (N-methyl/N-ethyl adjacent to an activating group) is 1. The first kappa shape index (κ1) is 24.5. The van der Waals surface area contributed by atoms with E-state index in [9.17, 15) is 5.11 Å². The zero-order valence-corrected chi connectivity index (χ0v) is 20.1. The first-order valence-corrected chi connectivity index (χ1v) is 11.6. The van der Waals surface area contributed by atoms with E-state index in [0.29, 0.717) is 18.0 Å². The summed E-state index contributed by atoms with van der Waals surface area (Å²) < 4.78 is 11.5. The second-order valence-electron chi connectivity index (χ2n) is 8.90. The Morgan fingerprint density at radius 2 is 1.56 bits per heavy atom. The lowest BCUT2D eigenvalue weighted by Gasteiger charge is -2.33. The topological polar surface area (TPSA) is 48.4 Å². The van der Waals surface area contributed by atoms with Gasteiger partial charge in [0.1, 0.15) is 12.7 Å². The van der Waals surface area contributed by atoms with Crippen molar-refractivity contribution < 1.29 is 14.6 Å². The molecule has 0 amide bonds. The predicted octanol–water partition coefficient (Wildman–Crippen LogP) is 2.88. The number of methoxy groups -OCH3 is 1. The van der Waals surface area contributed by atoms with Crippen LogP contribution < -0.4 is 9.47 Å². The van der Waals surface area contributed by atoms with E-state index in [1.165, 1.54) is 11.1 Å². The minimum Gasteiger partial charge on any atom is -0.493 e. The first-order valence-electron chi connectivity index (χ1n) is 11.6. The molecule has 0 spiro atoms. The van der Waals surface area contributed by atoms with Crippen molar-refractivity contribution in [3.05, 3.63) is 59.2 Å². The number of aliphatic hydroxyl groups excluding tert-OH is 1. The Hall–Kier alpha value is -2.12. The molecule has 0 unspecified atom stereocenters. The number of nitrogens with zero attached hydrogens (tertiary/aromatic N) is 3. The zero-order chi connectivity index (χ0) is 22.9. The number of hydrogen-bond acceptors (Lipinski definition) is 6. The largest absolute Gasteiger partial charge is 0.493 e. The van der Waals surface area contributed by atoms with E-state index in [-0.39, 0.29) is 6.61 Å². The molecule has 2 aromatic rings. The second kappa shape index (κ2) is 12.2. The third-order valence-electron chi connectivity index (χ3n) is 6.06. The van der Waals surface area contributed by atoms with E-state index >= 15 is 0 Å². The first-order chi connectivity index (χ1) is 15.5. The van der Waals surface area contributed by atoms with Crippen molar-refractivity contribution in [3.63, 3.8) is 0 Å². The molecule has 2 aromatic carbocycles. The predicted molar refractivity (Wildman–Crippen MR) is 129 cm³/mol. The van der Waals surface area contributed by atoms with E-state index in [4.69, 9.17) is 9.47 Å². The van der Waals surface area contributed by atoms with Gasteiger partial charge < -0.3 is 19.5 Å². The standard InChI is InChI=1S/C26H39N3O3/c1-5-21-6-8-22(9-7-21)17-28(3)18-23-10-11-25(31-4)26(16-23)32-20-24(30)19-29-14-12-27(2)13-15-29/h6-11,16,24,30H,5,12-15,17-20H2,1-4H3/t24-/m0/s1. The average molecular weight is 442 g/mol. The average Bonchev–Trinajstić information content (AvgIpc) is 2.80. The molecule has 1 fully saturated rings. The van der Waals surface area contributed by atoms with Crippen molar-refractivity contribution in [2.45, 2.75) is 32.5 Å². The maximum Gasteiger partial charge on any atom is 0.161 e. The van der Waals surface area contributed by atoms with Crippen LogP contribution in [-0.2, 0) is 19.5 Å². The molecule has 3 rings (SSSR count). The van der Waals surface area contributed by atoms with Crippen molar-refractivity contribution in [2.75, 3.05) is 60.5 Å². The number of ether oxygens (including phenoxy) is 2. The van der Waals surface area contributed by atoms with Crippen molar-refractivity contribution in [1.82, 2.24) is 14.7 Å². The highest BCUT2D eigenvalue weighted by molar-refractivity contribution is 5.43. The Kier molecular flexibility index (Phi) is 9.36. The van der Waals surface area contributed by atoms with Gasteiger partial charge in [-0.05, 0) is 49.3 Å². The van der Waals surface area contributed by atoms with Gasteiger partial charge in [-0.25, -0.2) is 0 Å². The Morgan fingerprint density at radius 1 is 0.938 bits per heavy atom. The van der Waals surface area contributed by atoms with E-state index in [0.717, 1.165) is 51.3 Å². The van der Waals surface area contributed by atoms with E-state index < -0.39 is 6.10 Å². The van der Waals surface area contributed by atoms with Crippen LogP contribution in [0.25, 0.3) is 0 Å². The molecule has 1 aliphatic rings. The fourth-order valence-corrected chi connectivity index (χ4v) is 4.06. The fraction of sp³-hybridized carbons (Fsp3) is 0.538. The number of benzene rings is 2. The highest BCUT2D eigenvalue weighted by Crippen LogP contribution is 2.29. The molecule has 0 aliphatic carbocycles. The van der Waals surface area contributed by atoms with Crippen LogP contribution in [0.2, 0.25) is 0 Å². The molecular weight excluding hydrogens is 402 g/mol. The van der Waals surface area contributed by atoms with Gasteiger partial charge >= 0.3 is 0 Å². The molecule has 6 nitrogen and oxygen atoms in total. The van der Waals surface area contributed by atoms with Crippen LogP contribution in [0.1, 0.15) is 23.6 Å². The van der Waals surface area contributed by atoms with E-state index in [1.54, 1.807) is 7.11 Å². The molecule has 0 bridgehead atoms. The molecule has 32 heavy (non-hydrogen) atoms. The smallest absolute Gasteiger partial charge is 0.161 e. The Labute approximate surface area is 193 Å². The van der Waals surface area contributed by atoms with Crippen LogP contribution in [-0.4, -0.2) is 86.4 Å². The van der Waals surface area contributed by atoms with Gasteiger partial charge in [0.2, 0.25) is 0 Å². The van der Waals surface area contributed by atoms with Gasteiger partial charge in [0, 0.05) is 45.8 Å². The van der Waals surface area contributed by atoms with Gasteiger partial charge in [-0.15, -0.1) is 0 Å². The molecule has 1 aliphatic heterocycles. The van der Waals surface area contributed by atoms with Crippen molar-refractivity contribution >= 4 is 0 Å². The third kappa shape index (κ3) is 7.48. The Balaban J connectivity index is 1.53. The summed E-state index contributed by atoms with van der Waals surface area (Å²) in [4.78, 5) is 6.89. The summed E-state index contributed by atoms with van der Waals surface area (Å²) >= 11 is 0. The Bertz CT molecular complexity index is 820. The van der Waals surface area contributed by atoms with Crippen LogP contribution in [0, 0.1) is 0 Å². The quantitative estimate of drug-likeness (QED) is 0.579. The van der Waals surface area contributed by atoms with Gasteiger partial charge in [0.05, 0.1) is 7.11 Å². The highest BCUT2D eigenvalue weighted by Gasteiger charge is 2.18. The number of aryl methyl sites for hydroxylation is 1. The van der Waals surface area contributed by atoms with Crippen LogP contribution in [0.15, 0.2) is 42.5 Å². The maximum absolute atomic E-state index is 10.5. The molecule has 0 saturated carbocycles. The summed E-state index contributed by atoms with van der Waals surface area (Å²) in [6, 6.07) is 14.9.